The van der Waals surface area contributed by atoms with Crippen molar-refractivity contribution in [3.8, 4) is 22.8 Å². The first-order valence-corrected chi connectivity index (χ1v) is 10.8. The fraction of sp³-hybridized carbons (Fsp3) is 0.304. The molecule has 1 aromatic carbocycles. The van der Waals surface area contributed by atoms with E-state index in [1.54, 1.807) is 0 Å². The third-order valence-corrected chi connectivity index (χ3v) is 6.19. The Balaban J connectivity index is 1.55. The topological polar surface area (TPSA) is 98.1 Å². The molecule has 1 N–H and O–H groups in total. The molecule has 4 heterocycles. The van der Waals surface area contributed by atoms with E-state index in [0.717, 1.165) is 44.7 Å². The Morgan fingerprint density at radius 1 is 0.968 bits per heavy atom. The minimum atomic E-state index is 0.443. The zero-order valence-corrected chi connectivity index (χ0v) is 17.3. The van der Waals surface area contributed by atoms with Gasteiger partial charge in [0.1, 0.15) is 5.82 Å². The Labute approximate surface area is 178 Å². The number of aromatic nitrogens is 8. The van der Waals surface area contributed by atoms with E-state index in [9.17, 15) is 0 Å². The number of H-pyrrole nitrogens is 1. The van der Waals surface area contributed by atoms with Crippen LogP contribution >= 0.6 is 0 Å². The molecular weight excluding hydrogens is 388 g/mol. The lowest BCUT2D eigenvalue weighted by atomic mass is 9.95. The van der Waals surface area contributed by atoms with Crippen molar-refractivity contribution in [1.82, 2.24) is 40.1 Å². The van der Waals surface area contributed by atoms with Crippen molar-refractivity contribution in [3.05, 3.63) is 48.3 Å². The average molecular weight is 410 g/mol. The van der Waals surface area contributed by atoms with Crippen molar-refractivity contribution < 1.29 is 0 Å². The Morgan fingerprint density at radius 3 is 2.71 bits per heavy atom. The Bertz CT molecular complexity index is 1380. The number of fused-ring (bicyclic) bond motifs is 2. The van der Waals surface area contributed by atoms with Crippen LogP contribution in [0.1, 0.15) is 43.8 Å². The number of nitrogens with one attached hydrogen (secondary N) is 1. The molecule has 8 heteroatoms. The van der Waals surface area contributed by atoms with Crippen LogP contribution < -0.4 is 0 Å². The summed E-state index contributed by atoms with van der Waals surface area (Å²) in [5.41, 5.74) is 5.76. The number of benzene rings is 1. The highest BCUT2D eigenvalue weighted by atomic mass is 15.5. The first kappa shape index (κ1) is 18.1. The van der Waals surface area contributed by atoms with Crippen LogP contribution in [0.4, 0.5) is 0 Å². The first-order chi connectivity index (χ1) is 15.3. The summed E-state index contributed by atoms with van der Waals surface area (Å²) in [6, 6.07) is 12.9. The minimum Gasteiger partial charge on any atom is -0.321 e. The lowest BCUT2D eigenvalue weighted by molar-refractivity contribution is 0.362. The summed E-state index contributed by atoms with van der Waals surface area (Å²) < 4.78 is 2.42. The summed E-state index contributed by atoms with van der Waals surface area (Å²) in [5.74, 6) is 1.61. The maximum absolute atomic E-state index is 5.07. The van der Waals surface area contributed by atoms with Gasteiger partial charge in [-0.1, -0.05) is 19.3 Å². The fourth-order valence-electron chi connectivity index (χ4n) is 4.67. The summed E-state index contributed by atoms with van der Waals surface area (Å²) in [7, 11) is 0. The number of rotatable bonds is 3. The third kappa shape index (κ3) is 3.15. The van der Waals surface area contributed by atoms with Gasteiger partial charge in [-0.15, -0.1) is 5.10 Å². The molecule has 0 atom stereocenters. The molecule has 1 aliphatic rings. The summed E-state index contributed by atoms with van der Waals surface area (Å²) in [6.07, 6.45) is 8.07. The molecule has 0 spiro atoms. The molecule has 0 bridgehead atoms. The first-order valence-electron chi connectivity index (χ1n) is 10.8. The molecule has 0 aliphatic heterocycles. The lowest BCUT2D eigenvalue weighted by Crippen LogP contribution is -2.14. The van der Waals surface area contributed by atoms with E-state index in [-0.39, 0.29) is 0 Å². The molecule has 154 valence electrons. The standard InChI is InChI=1S/C23H22N8/c1-14-7-8-15-11-17(13-24-21(15)25-14)23-26-19-12-16(22-27-29-30-28-22)9-10-20(19)31(23)18-5-3-2-4-6-18/h7-13,18H,2-6H2,1H3,(H,27,28,29,30). The zero-order chi connectivity index (χ0) is 20.8. The smallest absolute Gasteiger partial charge is 0.179 e. The van der Waals surface area contributed by atoms with Crippen LogP contribution in [-0.4, -0.2) is 40.1 Å². The van der Waals surface area contributed by atoms with Crippen LogP contribution in [-0.2, 0) is 0 Å². The van der Waals surface area contributed by atoms with Gasteiger partial charge in [-0.3, -0.25) is 0 Å². The van der Waals surface area contributed by atoms with Gasteiger partial charge >= 0.3 is 0 Å². The van der Waals surface area contributed by atoms with Gasteiger partial charge in [0.2, 0.25) is 0 Å². The average Bonchev–Trinajstić information content (AvgIpc) is 3.47. The number of nitrogens with zero attached hydrogens (tertiary/aromatic N) is 7. The predicted molar refractivity (Wildman–Crippen MR) is 118 cm³/mol. The quantitative estimate of drug-likeness (QED) is 0.465. The highest BCUT2D eigenvalue weighted by molar-refractivity contribution is 5.86. The molecular formula is C23H22N8. The van der Waals surface area contributed by atoms with Gasteiger partial charge < -0.3 is 4.57 Å². The molecule has 31 heavy (non-hydrogen) atoms. The molecule has 0 unspecified atom stereocenters. The number of tetrazole rings is 1. The van der Waals surface area contributed by atoms with Crippen molar-refractivity contribution >= 4 is 22.1 Å². The molecule has 0 amide bonds. The number of aryl methyl sites for hydroxylation is 1. The maximum Gasteiger partial charge on any atom is 0.179 e. The number of imidazole rings is 1. The van der Waals surface area contributed by atoms with Gasteiger partial charge in [-0.25, -0.2) is 20.1 Å². The number of hydrogen-bond donors (Lipinski definition) is 1. The van der Waals surface area contributed by atoms with Gasteiger partial charge in [-0.2, -0.15) is 0 Å². The second kappa shape index (κ2) is 7.23. The van der Waals surface area contributed by atoms with E-state index in [0.29, 0.717) is 11.9 Å². The minimum absolute atomic E-state index is 0.443. The summed E-state index contributed by atoms with van der Waals surface area (Å²) in [6.45, 7) is 1.99. The van der Waals surface area contributed by atoms with Crippen molar-refractivity contribution in [2.45, 2.75) is 45.1 Å². The number of hydrogen-bond acceptors (Lipinski definition) is 6. The second-order valence-corrected chi connectivity index (χ2v) is 8.27. The highest BCUT2D eigenvalue weighted by Gasteiger charge is 2.23. The summed E-state index contributed by atoms with van der Waals surface area (Å²) in [4.78, 5) is 14.3. The molecule has 0 saturated heterocycles. The summed E-state index contributed by atoms with van der Waals surface area (Å²) >= 11 is 0. The molecule has 1 saturated carbocycles. The normalized spacial score (nSPS) is 15.1. The van der Waals surface area contributed by atoms with E-state index in [1.165, 1.54) is 32.1 Å². The molecule has 6 rings (SSSR count). The van der Waals surface area contributed by atoms with Crippen LogP contribution in [0.5, 0.6) is 0 Å². The Kier molecular flexibility index (Phi) is 4.22. The van der Waals surface area contributed by atoms with E-state index in [1.807, 2.05) is 19.2 Å². The van der Waals surface area contributed by atoms with Crippen LogP contribution in [0.15, 0.2) is 42.6 Å². The third-order valence-electron chi connectivity index (χ3n) is 6.19. The molecule has 5 aromatic rings. The van der Waals surface area contributed by atoms with Crippen LogP contribution in [0, 0.1) is 6.92 Å². The molecule has 1 fully saturated rings. The predicted octanol–water partition coefficient (Wildman–Crippen LogP) is 4.64. The zero-order valence-electron chi connectivity index (χ0n) is 17.3. The lowest BCUT2D eigenvalue weighted by Gasteiger charge is -2.25. The van der Waals surface area contributed by atoms with Crippen molar-refractivity contribution in [2.75, 3.05) is 0 Å². The van der Waals surface area contributed by atoms with Gasteiger partial charge in [-0.05, 0) is 66.6 Å². The molecule has 0 radical (unpaired) electrons. The molecule has 8 nitrogen and oxygen atoms in total. The summed E-state index contributed by atoms with van der Waals surface area (Å²) in [5, 5.41) is 15.3. The maximum atomic E-state index is 5.07. The van der Waals surface area contributed by atoms with E-state index in [2.05, 4.69) is 65.5 Å². The van der Waals surface area contributed by atoms with Gasteiger partial charge in [0.25, 0.3) is 0 Å². The van der Waals surface area contributed by atoms with Gasteiger partial charge in [0, 0.05) is 34.4 Å². The van der Waals surface area contributed by atoms with E-state index >= 15 is 0 Å². The molecule has 4 aromatic heterocycles. The van der Waals surface area contributed by atoms with E-state index < -0.39 is 0 Å². The Morgan fingerprint density at radius 2 is 1.87 bits per heavy atom. The van der Waals surface area contributed by atoms with E-state index in [4.69, 9.17) is 4.98 Å². The SMILES string of the molecule is Cc1ccc2cc(-c3nc4cc(-c5nnn[nH]5)ccc4n3C3CCCCC3)cnc2n1. The highest BCUT2D eigenvalue weighted by Crippen LogP contribution is 2.37. The van der Waals surface area contributed by atoms with Gasteiger partial charge in [0.15, 0.2) is 11.5 Å². The van der Waals surface area contributed by atoms with Crippen LogP contribution in [0.2, 0.25) is 0 Å². The van der Waals surface area contributed by atoms with Gasteiger partial charge in [0.05, 0.1) is 11.0 Å². The number of aromatic amines is 1. The largest absolute Gasteiger partial charge is 0.321 e. The monoisotopic (exact) mass is 410 g/mol. The van der Waals surface area contributed by atoms with Crippen molar-refractivity contribution in [2.24, 2.45) is 0 Å². The van der Waals surface area contributed by atoms with Crippen molar-refractivity contribution in [1.29, 1.82) is 0 Å². The molecule has 1 aliphatic carbocycles. The second-order valence-electron chi connectivity index (χ2n) is 8.27. The fourth-order valence-corrected chi connectivity index (χ4v) is 4.67. The number of pyridine rings is 2. The Hall–Kier alpha value is -3.68. The van der Waals surface area contributed by atoms with Crippen molar-refractivity contribution in [3.63, 3.8) is 0 Å². The van der Waals surface area contributed by atoms with Crippen LogP contribution in [0.25, 0.3) is 44.8 Å². The van der Waals surface area contributed by atoms with Crippen LogP contribution in [0.3, 0.4) is 0 Å².